The van der Waals surface area contributed by atoms with Gasteiger partial charge in [-0.2, -0.15) is 5.26 Å². The summed E-state index contributed by atoms with van der Waals surface area (Å²) in [7, 11) is 0. The summed E-state index contributed by atoms with van der Waals surface area (Å²) in [4.78, 5) is 0. The third kappa shape index (κ3) is 2.40. The Hall–Kier alpha value is -1.26. The molecule has 0 aromatic heterocycles. The van der Waals surface area contributed by atoms with E-state index in [1.54, 1.807) is 0 Å². The van der Waals surface area contributed by atoms with Crippen LogP contribution in [0.25, 0.3) is 0 Å². The Morgan fingerprint density at radius 2 is 2.27 bits per heavy atom. The fraction of sp³-hybridized carbons (Fsp3) is 0.231. The van der Waals surface area contributed by atoms with E-state index in [1.165, 1.54) is 0 Å². The van der Waals surface area contributed by atoms with Crippen LogP contribution in [-0.4, -0.2) is 0 Å². The molecule has 0 bridgehead atoms. The highest BCUT2D eigenvalue weighted by atomic mass is 35.5. The minimum Gasteiger partial charge on any atom is -0.192 e. The quantitative estimate of drug-likeness (QED) is 0.757. The van der Waals surface area contributed by atoms with Crippen molar-refractivity contribution in [1.29, 1.82) is 5.26 Å². The third-order valence-corrected chi connectivity index (χ3v) is 2.70. The van der Waals surface area contributed by atoms with Crippen molar-refractivity contribution >= 4 is 11.6 Å². The Kier molecular flexibility index (Phi) is 3.94. The Labute approximate surface area is 96.0 Å². The van der Waals surface area contributed by atoms with E-state index in [9.17, 15) is 0 Å². The molecular weight excluding hydrogens is 206 g/mol. The fourth-order valence-corrected chi connectivity index (χ4v) is 1.72. The molecule has 1 aromatic rings. The molecule has 1 rings (SSSR count). The number of nitriles is 1. The SMILES string of the molecule is [CH2]C(C(=C)Cl)c1cccc(C#N)c1CC. The molecule has 1 radical (unpaired) electrons. The fourth-order valence-electron chi connectivity index (χ4n) is 1.60. The van der Waals surface area contributed by atoms with Gasteiger partial charge in [0.05, 0.1) is 11.6 Å². The monoisotopic (exact) mass is 218 g/mol. The van der Waals surface area contributed by atoms with Crippen molar-refractivity contribution in [1.82, 2.24) is 0 Å². The molecule has 0 N–H and O–H groups in total. The van der Waals surface area contributed by atoms with Crippen LogP contribution in [0.3, 0.4) is 0 Å². The lowest BCUT2D eigenvalue weighted by Gasteiger charge is -2.15. The van der Waals surface area contributed by atoms with E-state index in [0.717, 1.165) is 17.5 Å². The van der Waals surface area contributed by atoms with Crippen LogP contribution in [0.5, 0.6) is 0 Å². The first-order valence-corrected chi connectivity index (χ1v) is 5.18. The van der Waals surface area contributed by atoms with Crippen molar-refractivity contribution < 1.29 is 0 Å². The average molecular weight is 219 g/mol. The zero-order valence-corrected chi connectivity index (χ0v) is 9.51. The van der Waals surface area contributed by atoms with Crippen LogP contribution in [0.15, 0.2) is 29.8 Å². The van der Waals surface area contributed by atoms with Crippen LogP contribution < -0.4 is 0 Å². The van der Waals surface area contributed by atoms with Gasteiger partial charge in [0.15, 0.2) is 0 Å². The van der Waals surface area contributed by atoms with Crippen LogP contribution in [0.1, 0.15) is 29.5 Å². The molecule has 0 heterocycles. The van der Waals surface area contributed by atoms with E-state index in [1.807, 2.05) is 25.1 Å². The van der Waals surface area contributed by atoms with Crippen molar-refractivity contribution in [3.05, 3.63) is 53.4 Å². The molecule has 1 atom stereocenters. The van der Waals surface area contributed by atoms with Gasteiger partial charge >= 0.3 is 0 Å². The largest absolute Gasteiger partial charge is 0.192 e. The van der Waals surface area contributed by atoms with Gasteiger partial charge in [0.25, 0.3) is 0 Å². The van der Waals surface area contributed by atoms with Gasteiger partial charge in [-0.25, -0.2) is 0 Å². The zero-order valence-electron chi connectivity index (χ0n) is 8.76. The summed E-state index contributed by atoms with van der Waals surface area (Å²) < 4.78 is 0. The van der Waals surface area contributed by atoms with Crippen LogP contribution in [-0.2, 0) is 6.42 Å². The minimum atomic E-state index is -0.157. The summed E-state index contributed by atoms with van der Waals surface area (Å²) in [5, 5.41) is 9.47. The molecule has 0 saturated carbocycles. The van der Waals surface area contributed by atoms with E-state index in [4.69, 9.17) is 16.9 Å². The summed E-state index contributed by atoms with van der Waals surface area (Å²) in [6, 6.07) is 7.79. The first-order valence-electron chi connectivity index (χ1n) is 4.81. The molecule has 0 aliphatic heterocycles. The van der Waals surface area contributed by atoms with Crippen LogP contribution in [0.4, 0.5) is 0 Å². The van der Waals surface area contributed by atoms with Crippen molar-refractivity contribution in [2.75, 3.05) is 0 Å². The molecule has 0 saturated heterocycles. The number of hydrogen-bond acceptors (Lipinski definition) is 1. The molecule has 0 spiro atoms. The summed E-state index contributed by atoms with van der Waals surface area (Å²) in [6.07, 6.45) is 0.801. The standard InChI is InChI=1S/C13H13ClN/c1-4-12-11(8-15)6-5-7-13(12)9(2)10(3)14/h5-7,9H,2-4H2,1H3. The van der Waals surface area contributed by atoms with E-state index in [2.05, 4.69) is 19.6 Å². The Balaban J connectivity index is 3.30. The predicted octanol–water partition coefficient (Wildman–Crippen LogP) is 3.79. The Morgan fingerprint density at radius 3 is 2.73 bits per heavy atom. The maximum absolute atomic E-state index is 8.97. The van der Waals surface area contributed by atoms with E-state index >= 15 is 0 Å². The highest BCUT2D eigenvalue weighted by Gasteiger charge is 2.13. The van der Waals surface area contributed by atoms with Gasteiger partial charge in [-0.05, 0) is 30.5 Å². The van der Waals surface area contributed by atoms with Gasteiger partial charge in [-0.15, -0.1) is 0 Å². The normalized spacial score (nSPS) is 11.9. The molecule has 77 valence electrons. The number of benzene rings is 1. The molecule has 1 unspecified atom stereocenters. The van der Waals surface area contributed by atoms with Gasteiger partial charge in [0.2, 0.25) is 0 Å². The lowest BCUT2D eigenvalue weighted by Crippen LogP contribution is -2.01. The van der Waals surface area contributed by atoms with E-state index < -0.39 is 0 Å². The van der Waals surface area contributed by atoms with E-state index in [-0.39, 0.29) is 5.92 Å². The van der Waals surface area contributed by atoms with Crippen molar-refractivity contribution in [3.63, 3.8) is 0 Å². The second-order valence-electron chi connectivity index (χ2n) is 3.34. The third-order valence-electron chi connectivity index (χ3n) is 2.44. The lowest BCUT2D eigenvalue weighted by molar-refractivity contribution is 0.988. The minimum absolute atomic E-state index is 0.157. The number of halogens is 1. The maximum atomic E-state index is 8.97. The molecular formula is C13H13ClN. The highest BCUT2D eigenvalue weighted by Crippen LogP contribution is 2.29. The van der Waals surface area contributed by atoms with Crippen molar-refractivity contribution in [2.24, 2.45) is 0 Å². The maximum Gasteiger partial charge on any atom is 0.0994 e. The van der Waals surface area contributed by atoms with Crippen molar-refractivity contribution in [2.45, 2.75) is 19.3 Å². The molecule has 15 heavy (non-hydrogen) atoms. The highest BCUT2D eigenvalue weighted by molar-refractivity contribution is 6.30. The van der Waals surface area contributed by atoms with Crippen LogP contribution in [0, 0.1) is 18.3 Å². The number of rotatable bonds is 3. The molecule has 0 fully saturated rings. The zero-order chi connectivity index (χ0) is 11.4. The van der Waals surface area contributed by atoms with Gasteiger partial charge in [0.1, 0.15) is 0 Å². The topological polar surface area (TPSA) is 23.8 Å². The first-order chi connectivity index (χ1) is 7.11. The second kappa shape index (κ2) is 5.00. The van der Waals surface area contributed by atoms with Crippen molar-refractivity contribution in [3.8, 4) is 6.07 Å². The number of allylic oxidation sites excluding steroid dienone is 1. The average Bonchev–Trinajstić information content (AvgIpc) is 2.26. The van der Waals surface area contributed by atoms with Gasteiger partial charge in [-0.3, -0.25) is 0 Å². The summed E-state index contributed by atoms with van der Waals surface area (Å²) in [5.41, 5.74) is 2.71. The smallest absolute Gasteiger partial charge is 0.0994 e. The summed E-state index contributed by atoms with van der Waals surface area (Å²) in [5.74, 6) is -0.157. The van der Waals surface area contributed by atoms with Crippen LogP contribution >= 0.6 is 11.6 Å². The number of hydrogen-bond donors (Lipinski definition) is 0. The molecule has 0 aliphatic carbocycles. The Morgan fingerprint density at radius 1 is 1.60 bits per heavy atom. The summed E-state index contributed by atoms with van der Waals surface area (Å²) >= 11 is 5.85. The predicted molar refractivity (Wildman–Crippen MR) is 63.6 cm³/mol. The van der Waals surface area contributed by atoms with Gasteiger partial charge < -0.3 is 0 Å². The van der Waals surface area contributed by atoms with Crippen LogP contribution in [0.2, 0.25) is 0 Å². The molecule has 1 nitrogen and oxygen atoms in total. The Bertz CT molecular complexity index is 415. The van der Waals surface area contributed by atoms with E-state index in [0.29, 0.717) is 10.6 Å². The van der Waals surface area contributed by atoms with Gasteiger partial charge in [-0.1, -0.05) is 37.2 Å². The first kappa shape index (κ1) is 11.8. The lowest BCUT2D eigenvalue weighted by atomic mass is 9.91. The molecule has 0 aliphatic rings. The molecule has 2 heteroatoms. The number of nitrogens with zero attached hydrogens (tertiary/aromatic N) is 1. The molecule has 0 amide bonds. The second-order valence-corrected chi connectivity index (χ2v) is 3.82. The summed E-state index contributed by atoms with van der Waals surface area (Å²) in [6.45, 7) is 9.65. The molecule has 1 aromatic carbocycles. The van der Waals surface area contributed by atoms with Gasteiger partial charge in [0, 0.05) is 11.0 Å².